The summed E-state index contributed by atoms with van der Waals surface area (Å²) in [5.74, 6) is -2.40. The van der Waals surface area contributed by atoms with Crippen LogP contribution >= 0.6 is 11.6 Å². The van der Waals surface area contributed by atoms with Crippen molar-refractivity contribution >= 4 is 28.3 Å². The predicted octanol–water partition coefficient (Wildman–Crippen LogP) is 4.10. The van der Waals surface area contributed by atoms with Gasteiger partial charge in [0, 0.05) is 6.07 Å². The molecular formula is C18H13ClF2N4O. The Bertz CT molecular complexity index is 1010. The molecule has 0 N–H and O–H groups in total. The van der Waals surface area contributed by atoms with E-state index in [1.54, 1.807) is 6.07 Å². The first kappa shape index (κ1) is 17.8. The van der Waals surface area contributed by atoms with Crippen molar-refractivity contribution < 1.29 is 13.5 Å². The van der Waals surface area contributed by atoms with Crippen LogP contribution in [-0.4, -0.2) is 23.6 Å². The number of fused-ring (bicyclic) bond motifs is 1. The minimum Gasteiger partial charge on any atom is -0.495 e. The van der Waals surface area contributed by atoms with Crippen molar-refractivity contribution in [2.75, 3.05) is 18.6 Å². The fraction of sp³-hybridized carbons (Fsp3) is 0.167. The van der Waals surface area contributed by atoms with Crippen molar-refractivity contribution in [3.63, 3.8) is 0 Å². The van der Waals surface area contributed by atoms with E-state index in [1.807, 2.05) is 24.3 Å². The number of halogens is 3. The lowest BCUT2D eigenvalue weighted by Crippen LogP contribution is -2.25. The molecular weight excluding hydrogens is 362 g/mol. The Morgan fingerprint density at radius 1 is 1.23 bits per heavy atom. The van der Waals surface area contributed by atoms with Crippen molar-refractivity contribution in [3.05, 3.63) is 58.9 Å². The molecule has 0 bridgehead atoms. The number of rotatable bonds is 5. The van der Waals surface area contributed by atoms with Crippen molar-refractivity contribution in [1.82, 2.24) is 9.97 Å². The number of nitriles is 1. The number of methoxy groups -OCH3 is 1. The lowest BCUT2D eigenvalue weighted by Gasteiger charge is -2.23. The number of hydrogen-bond donors (Lipinski definition) is 0. The third-order valence-corrected chi connectivity index (χ3v) is 4.12. The molecule has 8 heteroatoms. The van der Waals surface area contributed by atoms with E-state index in [0.29, 0.717) is 16.7 Å². The Labute approximate surface area is 153 Å². The largest absolute Gasteiger partial charge is 0.495 e. The molecule has 0 saturated heterocycles. The van der Waals surface area contributed by atoms with Crippen LogP contribution in [0.3, 0.4) is 0 Å². The van der Waals surface area contributed by atoms with Gasteiger partial charge >= 0.3 is 0 Å². The molecule has 0 aliphatic carbocycles. The molecule has 0 amide bonds. The highest BCUT2D eigenvalue weighted by Crippen LogP contribution is 2.35. The van der Waals surface area contributed by atoms with Crippen LogP contribution in [0.5, 0.6) is 5.75 Å². The molecule has 0 atom stereocenters. The maximum atomic E-state index is 14.4. The van der Waals surface area contributed by atoms with Crippen LogP contribution in [0.1, 0.15) is 5.69 Å². The maximum Gasteiger partial charge on any atom is 0.183 e. The molecule has 0 aliphatic rings. The van der Waals surface area contributed by atoms with Crippen molar-refractivity contribution in [3.8, 4) is 11.8 Å². The van der Waals surface area contributed by atoms with Crippen LogP contribution in [0.15, 0.2) is 36.5 Å². The summed E-state index contributed by atoms with van der Waals surface area (Å²) >= 11 is 5.73. The Kier molecular flexibility index (Phi) is 5.14. The third kappa shape index (κ3) is 3.37. The molecule has 132 valence electrons. The molecule has 0 unspecified atom stereocenters. The molecule has 0 aliphatic heterocycles. The second kappa shape index (κ2) is 7.50. The highest BCUT2D eigenvalue weighted by molar-refractivity contribution is 6.32. The number of ether oxygens (including phenoxy) is 1. The molecule has 0 saturated carbocycles. The second-order valence-electron chi connectivity index (χ2n) is 5.40. The van der Waals surface area contributed by atoms with Gasteiger partial charge in [0.05, 0.1) is 48.3 Å². The average Bonchev–Trinajstić information content (AvgIpc) is 2.66. The van der Waals surface area contributed by atoms with Crippen LogP contribution in [0.4, 0.5) is 14.5 Å². The predicted molar refractivity (Wildman–Crippen MR) is 94.1 cm³/mol. The fourth-order valence-corrected chi connectivity index (χ4v) is 2.74. The number of nitrogens with zero attached hydrogens (tertiary/aromatic N) is 4. The van der Waals surface area contributed by atoms with Crippen LogP contribution in [0, 0.1) is 23.0 Å². The summed E-state index contributed by atoms with van der Waals surface area (Å²) in [6, 6.07) is 10.5. The van der Waals surface area contributed by atoms with E-state index >= 15 is 0 Å². The van der Waals surface area contributed by atoms with Crippen LogP contribution in [0.25, 0.3) is 11.0 Å². The lowest BCUT2D eigenvalue weighted by atomic mass is 10.2. The first-order valence-corrected chi connectivity index (χ1v) is 7.97. The van der Waals surface area contributed by atoms with E-state index in [9.17, 15) is 8.78 Å². The van der Waals surface area contributed by atoms with Gasteiger partial charge in [-0.25, -0.2) is 13.8 Å². The zero-order valence-electron chi connectivity index (χ0n) is 13.7. The summed E-state index contributed by atoms with van der Waals surface area (Å²) in [4.78, 5) is 10.1. The minimum absolute atomic E-state index is 0.0203. The van der Waals surface area contributed by atoms with Crippen molar-refractivity contribution in [2.45, 2.75) is 6.54 Å². The van der Waals surface area contributed by atoms with Gasteiger partial charge in [0.1, 0.15) is 17.3 Å². The lowest BCUT2D eigenvalue weighted by molar-refractivity contribution is 0.406. The molecule has 0 spiro atoms. The van der Waals surface area contributed by atoms with E-state index in [1.165, 1.54) is 24.3 Å². The van der Waals surface area contributed by atoms with Gasteiger partial charge in [-0.3, -0.25) is 4.98 Å². The van der Waals surface area contributed by atoms with Crippen molar-refractivity contribution in [2.24, 2.45) is 0 Å². The van der Waals surface area contributed by atoms with E-state index < -0.39 is 16.7 Å². The van der Waals surface area contributed by atoms with Gasteiger partial charge in [-0.2, -0.15) is 5.26 Å². The summed E-state index contributed by atoms with van der Waals surface area (Å²) in [7, 11) is 1.30. The van der Waals surface area contributed by atoms with Gasteiger partial charge in [-0.05, 0) is 12.1 Å². The highest BCUT2D eigenvalue weighted by atomic mass is 35.5. The first-order valence-electron chi connectivity index (χ1n) is 7.59. The quantitative estimate of drug-likeness (QED) is 0.497. The van der Waals surface area contributed by atoms with Gasteiger partial charge in [0.25, 0.3) is 0 Å². The Morgan fingerprint density at radius 2 is 1.96 bits per heavy atom. The Balaban J connectivity index is 2.01. The van der Waals surface area contributed by atoms with Crippen LogP contribution < -0.4 is 9.64 Å². The maximum absolute atomic E-state index is 14.4. The van der Waals surface area contributed by atoms with E-state index in [0.717, 1.165) is 0 Å². The van der Waals surface area contributed by atoms with Gasteiger partial charge in [-0.15, -0.1) is 0 Å². The van der Waals surface area contributed by atoms with Gasteiger partial charge in [0.15, 0.2) is 11.6 Å². The number of hydrogen-bond acceptors (Lipinski definition) is 5. The van der Waals surface area contributed by atoms with Gasteiger partial charge < -0.3 is 9.64 Å². The number of anilines is 1. The standard InChI is InChI=1S/C18H13ClF2N4O/c1-26-15-8-14(17(20)18(21)16(15)19)25(7-6-22)10-11-9-23-12-4-2-3-5-13(12)24-11/h2-5,8-9H,7,10H2,1H3. The molecule has 0 fully saturated rings. The van der Waals surface area contributed by atoms with Crippen LogP contribution in [0.2, 0.25) is 5.02 Å². The zero-order valence-corrected chi connectivity index (χ0v) is 14.5. The molecule has 5 nitrogen and oxygen atoms in total. The fourth-order valence-electron chi connectivity index (χ4n) is 2.53. The highest BCUT2D eigenvalue weighted by Gasteiger charge is 2.22. The van der Waals surface area contributed by atoms with E-state index in [2.05, 4.69) is 9.97 Å². The monoisotopic (exact) mass is 374 g/mol. The van der Waals surface area contributed by atoms with E-state index in [4.69, 9.17) is 21.6 Å². The van der Waals surface area contributed by atoms with Crippen LogP contribution in [-0.2, 0) is 6.54 Å². The molecule has 1 aromatic heterocycles. The number of aromatic nitrogens is 2. The number of para-hydroxylation sites is 2. The minimum atomic E-state index is -1.23. The SMILES string of the molecule is COc1cc(N(CC#N)Cc2cnc3ccccc3n2)c(F)c(F)c1Cl. The molecule has 0 radical (unpaired) electrons. The van der Waals surface area contributed by atoms with E-state index in [-0.39, 0.29) is 24.5 Å². The summed E-state index contributed by atoms with van der Waals surface area (Å²) in [5, 5.41) is 8.64. The summed E-state index contributed by atoms with van der Waals surface area (Å²) < 4.78 is 33.4. The molecule has 3 aromatic rings. The molecule has 2 aromatic carbocycles. The topological polar surface area (TPSA) is 62.0 Å². The summed E-state index contributed by atoms with van der Waals surface area (Å²) in [6.07, 6.45) is 1.54. The second-order valence-corrected chi connectivity index (χ2v) is 5.78. The molecule has 1 heterocycles. The summed E-state index contributed by atoms with van der Waals surface area (Å²) in [5.41, 5.74) is 1.75. The zero-order chi connectivity index (χ0) is 18.7. The molecule has 3 rings (SSSR count). The summed E-state index contributed by atoms with van der Waals surface area (Å²) in [6.45, 7) is -0.123. The van der Waals surface area contributed by atoms with Gasteiger partial charge in [-0.1, -0.05) is 23.7 Å². The smallest absolute Gasteiger partial charge is 0.183 e. The normalized spacial score (nSPS) is 10.6. The average molecular weight is 375 g/mol. The van der Waals surface area contributed by atoms with Gasteiger partial charge in [0.2, 0.25) is 0 Å². The Morgan fingerprint density at radius 3 is 2.65 bits per heavy atom. The first-order chi connectivity index (χ1) is 12.5. The van der Waals surface area contributed by atoms with Crippen molar-refractivity contribution in [1.29, 1.82) is 5.26 Å². The number of benzene rings is 2. The molecule has 26 heavy (non-hydrogen) atoms. The third-order valence-electron chi connectivity index (χ3n) is 3.77. The Hall–Kier alpha value is -2.98.